The van der Waals surface area contributed by atoms with Gasteiger partial charge in [0.05, 0.1) is 17.9 Å². The van der Waals surface area contributed by atoms with Gasteiger partial charge in [-0.05, 0) is 26.2 Å². The maximum atomic E-state index is 12.0. The number of carboxylic acids is 1. The summed E-state index contributed by atoms with van der Waals surface area (Å²) in [6.45, 7) is 4.07. The van der Waals surface area contributed by atoms with Gasteiger partial charge < -0.3 is 15.3 Å². The van der Waals surface area contributed by atoms with E-state index in [1.165, 1.54) is 4.90 Å². The summed E-state index contributed by atoms with van der Waals surface area (Å²) in [5.41, 5.74) is 0. The summed E-state index contributed by atoms with van der Waals surface area (Å²) in [4.78, 5) is 24.0. The molecular weight excluding hydrogens is 284 g/mol. The van der Waals surface area contributed by atoms with E-state index in [4.69, 9.17) is 5.11 Å². The summed E-state index contributed by atoms with van der Waals surface area (Å²) in [7, 11) is -2.94. The zero-order valence-electron chi connectivity index (χ0n) is 11.8. The van der Waals surface area contributed by atoms with Gasteiger partial charge in [-0.2, -0.15) is 0 Å². The van der Waals surface area contributed by atoms with Gasteiger partial charge in [-0.25, -0.2) is 13.2 Å². The number of carbonyl (C=O) groups excluding carboxylic acids is 1. The maximum Gasteiger partial charge on any atom is 0.317 e. The van der Waals surface area contributed by atoms with E-state index in [1.54, 1.807) is 0 Å². The maximum absolute atomic E-state index is 12.0. The molecule has 0 aromatic carbocycles. The number of aliphatic carboxylic acids is 1. The Labute approximate surface area is 119 Å². The van der Waals surface area contributed by atoms with E-state index in [1.807, 2.05) is 13.8 Å². The average Bonchev–Trinajstić information content (AvgIpc) is 2.65. The molecule has 1 saturated heterocycles. The zero-order valence-corrected chi connectivity index (χ0v) is 12.6. The summed E-state index contributed by atoms with van der Waals surface area (Å²) in [5.74, 6) is -0.701. The Kier molecular flexibility index (Phi) is 5.79. The fourth-order valence-corrected chi connectivity index (χ4v) is 4.04. The standard InChI is InChI=1S/C12H22N2O5S/c1-9(2)14(5-3-11(15)16)12(17)13-7-10-4-6-20(18,19)8-10/h9-10H,3-8H2,1-2H3,(H,13,17)(H,15,16). The van der Waals surface area contributed by atoms with Crippen LogP contribution in [0.3, 0.4) is 0 Å². The van der Waals surface area contributed by atoms with Gasteiger partial charge in [0.2, 0.25) is 0 Å². The Morgan fingerprint density at radius 2 is 2.05 bits per heavy atom. The first kappa shape index (κ1) is 16.7. The third-order valence-electron chi connectivity index (χ3n) is 3.32. The second-order valence-electron chi connectivity index (χ2n) is 5.39. The van der Waals surface area contributed by atoms with Crippen LogP contribution in [0.15, 0.2) is 0 Å². The molecule has 1 heterocycles. The summed E-state index contributed by atoms with van der Waals surface area (Å²) in [5, 5.41) is 11.4. The van der Waals surface area contributed by atoms with Gasteiger partial charge in [-0.1, -0.05) is 0 Å². The van der Waals surface area contributed by atoms with Crippen LogP contribution in [0.5, 0.6) is 0 Å². The van der Waals surface area contributed by atoms with Gasteiger partial charge in [0.15, 0.2) is 9.84 Å². The molecule has 0 aromatic heterocycles. The topological polar surface area (TPSA) is 104 Å². The van der Waals surface area contributed by atoms with Crippen LogP contribution in [0.25, 0.3) is 0 Å². The van der Waals surface area contributed by atoms with Crippen LogP contribution in [0.4, 0.5) is 4.79 Å². The molecule has 2 amide bonds. The van der Waals surface area contributed by atoms with E-state index in [9.17, 15) is 18.0 Å². The van der Waals surface area contributed by atoms with Crippen molar-refractivity contribution in [2.45, 2.75) is 32.7 Å². The highest BCUT2D eigenvalue weighted by molar-refractivity contribution is 7.91. The van der Waals surface area contributed by atoms with Gasteiger partial charge in [0, 0.05) is 19.1 Å². The number of hydrogen-bond acceptors (Lipinski definition) is 4. The monoisotopic (exact) mass is 306 g/mol. The average molecular weight is 306 g/mol. The third-order valence-corrected chi connectivity index (χ3v) is 5.16. The number of rotatable bonds is 6. The molecule has 116 valence electrons. The number of urea groups is 1. The van der Waals surface area contributed by atoms with Crippen LogP contribution in [0.2, 0.25) is 0 Å². The van der Waals surface area contributed by atoms with Gasteiger partial charge >= 0.3 is 12.0 Å². The summed E-state index contributed by atoms with van der Waals surface area (Å²) in [6.07, 6.45) is 0.461. The molecule has 1 rings (SSSR count). The van der Waals surface area contributed by atoms with E-state index in [0.717, 1.165) is 0 Å². The smallest absolute Gasteiger partial charge is 0.317 e. The molecule has 1 unspecified atom stereocenters. The first-order chi connectivity index (χ1) is 9.21. The lowest BCUT2D eigenvalue weighted by Crippen LogP contribution is -2.46. The molecule has 20 heavy (non-hydrogen) atoms. The van der Waals surface area contributed by atoms with Gasteiger partial charge in [-0.15, -0.1) is 0 Å². The Morgan fingerprint density at radius 1 is 1.40 bits per heavy atom. The van der Waals surface area contributed by atoms with E-state index < -0.39 is 15.8 Å². The summed E-state index contributed by atoms with van der Waals surface area (Å²) >= 11 is 0. The minimum Gasteiger partial charge on any atom is -0.481 e. The lowest BCUT2D eigenvalue weighted by molar-refractivity contribution is -0.137. The van der Waals surface area contributed by atoms with Crippen molar-refractivity contribution < 1.29 is 23.1 Å². The number of hydrogen-bond donors (Lipinski definition) is 2. The lowest BCUT2D eigenvalue weighted by Gasteiger charge is -2.27. The molecule has 0 aliphatic carbocycles. The number of nitrogens with zero attached hydrogens (tertiary/aromatic N) is 1. The van der Waals surface area contributed by atoms with Crippen molar-refractivity contribution in [3.8, 4) is 0 Å². The SMILES string of the molecule is CC(C)N(CCC(=O)O)C(=O)NCC1CCS(=O)(=O)C1. The third kappa shape index (κ3) is 5.36. The van der Waals surface area contributed by atoms with E-state index in [0.29, 0.717) is 13.0 Å². The molecule has 0 radical (unpaired) electrons. The first-order valence-electron chi connectivity index (χ1n) is 6.68. The lowest BCUT2D eigenvalue weighted by atomic mass is 10.1. The van der Waals surface area contributed by atoms with Crippen molar-refractivity contribution in [1.82, 2.24) is 10.2 Å². The van der Waals surface area contributed by atoms with Crippen LogP contribution in [-0.2, 0) is 14.6 Å². The van der Waals surface area contributed by atoms with Gasteiger partial charge in [-0.3, -0.25) is 4.79 Å². The molecule has 7 nitrogen and oxygen atoms in total. The normalized spacial score (nSPS) is 20.9. The van der Waals surface area contributed by atoms with E-state index in [2.05, 4.69) is 5.32 Å². The molecule has 1 aliphatic rings. The van der Waals surface area contributed by atoms with Crippen LogP contribution in [0.1, 0.15) is 26.7 Å². The molecule has 0 bridgehead atoms. The van der Waals surface area contributed by atoms with Crippen LogP contribution >= 0.6 is 0 Å². The highest BCUT2D eigenvalue weighted by Gasteiger charge is 2.28. The number of carboxylic acid groups (broad SMARTS) is 1. The molecule has 0 saturated carbocycles. The second kappa shape index (κ2) is 6.92. The van der Waals surface area contributed by atoms with Crippen LogP contribution < -0.4 is 5.32 Å². The molecule has 2 N–H and O–H groups in total. The van der Waals surface area contributed by atoms with Crippen molar-refractivity contribution >= 4 is 21.8 Å². The fourth-order valence-electron chi connectivity index (χ4n) is 2.18. The highest BCUT2D eigenvalue weighted by Crippen LogP contribution is 2.17. The number of sulfone groups is 1. The number of carbonyl (C=O) groups is 2. The summed E-state index contributed by atoms with van der Waals surface area (Å²) < 4.78 is 22.6. The minimum absolute atomic E-state index is 0.0440. The molecule has 0 spiro atoms. The van der Waals surface area contributed by atoms with Crippen LogP contribution in [0, 0.1) is 5.92 Å². The van der Waals surface area contributed by atoms with E-state index in [-0.39, 0.29) is 42.5 Å². The highest BCUT2D eigenvalue weighted by atomic mass is 32.2. The summed E-state index contributed by atoms with van der Waals surface area (Å²) in [6, 6.07) is -0.452. The molecular formula is C12H22N2O5S. The van der Waals surface area contributed by atoms with Gasteiger partial charge in [0.1, 0.15) is 0 Å². The van der Waals surface area contributed by atoms with Crippen molar-refractivity contribution in [3.63, 3.8) is 0 Å². The predicted molar refractivity (Wildman–Crippen MR) is 74.3 cm³/mol. The molecule has 0 aromatic rings. The van der Waals surface area contributed by atoms with Gasteiger partial charge in [0.25, 0.3) is 0 Å². The van der Waals surface area contributed by atoms with Crippen LogP contribution in [-0.4, -0.2) is 61.1 Å². The molecule has 1 atom stereocenters. The van der Waals surface area contributed by atoms with Crippen molar-refractivity contribution in [1.29, 1.82) is 0 Å². The number of nitrogens with one attached hydrogen (secondary N) is 1. The zero-order chi connectivity index (χ0) is 15.3. The number of amides is 2. The quantitative estimate of drug-likeness (QED) is 0.735. The van der Waals surface area contributed by atoms with Crippen molar-refractivity contribution in [2.24, 2.45) is 5.92 Å². The van der Waals surface area contributed by atoms with Crippen molar-refractivity contribution in [2.75, 3.05) is 24.6 Å². The molecule has 8 heteroatoms. The van der Waals surface area contributed by atoms with E-state index >= 15 is 0 Å². The Bertz CT molecular complexity index is 460. The second-order valence-corrected chi connectivity index (χ2v) is 7.61. The fraction of sp³-hybridized carbons (Fsp3) is 0.833. The Morgan fingerprint density at radius 3 is 2.50 bits per heavy atom. The Hall–Kier alpha value is -1.31. The largest absolute Gasteiger partial charge is 0.481 e. The Balaban J connectivity index is 2.44. The van der Waals surface area contributed by atoms with Crippen molar-refractivity contribution in [3.05, 3.63) is 0 Å². The molecule has 1 fully saturated rings. The first-order valence-corrected chi connectivity index (χ1v) is 8.50. The minimum atomic E-state index is -2.94. The predicted octanol–water partition coefficient (Wildman–Crippen LogP) is 0.316. The molecule has 1 aliphatic heterocycles.